The lowest BCUT2D eigenvalue weighted by molar-refractivity contribution is 0.0990. The van der Waals surface area contributed by atoms with Crippen LogP contribution in [0.25, 0.3) is 0 Å². The number of benzene rings is 2. The summed E-state index contributed by atoms with van der Waals surface area (Å²) in [5, 5.41) is 0. The largest absolute Gasteiger partial charge is 0.496 e. The minimum absolute atomic E-state index is 0.264. The maximum absolute atomic E-state index is 13.2. The van der Waals surface area contributed by atoms with E-state index in [4.69, 9.17) is 4.74 Å². The van der Waals surface area contributed by atoms with Crippen molar-refractivity contribution < 1.29 is 13.9 Å². The number of halogens is 2. The van der Waals surface area contributed by atoms with E-state index in [2.05, 4.69) is 15.9 Å². The Kier molecular flexibility index (Phi) is 4.39. The highest BCUT2D eigenvalue weighted by molar-refractivity contribution is 9.10. The zero-order chi connectivity index (χ0) is 14.7. The molecule has 0 aliphatic rings. The van der Waals surface area contributed by atoms with Crippen LogP contribution in [0.4, 0.5) is 10.1 Å². The molecule has 0 fully saturated rings. The van der Waals surface area contributed by atoms with Crippen molar-refractivity contribution in [3.8, 4) is 5.75 Å². The van der Waals surface area contributed by atoms with Gasteiger partial charge in [-0.15, -0.1) is 0 Å². The van der Waals surface area contributed by atoms with Crippen LogP contribution in [0.2, 0.25) is 0 Å². The Morgan fingerprint density at radius 1 is 1.25 bits per heavy atom. The molecule has 0 N–H and O–H groups in total. The van der Waals surface area contributed by atoms with Crippen molar-refractivity contribution >= 4 is 27.5 Å². The predicted molar refractivity (Wildman–Crippen MR) is 79.8 cm³/mol. The van der Waals surface area contributed by atoms with Gasteiger partial charge in [0.25, 0.3) is 5.91 Å². The Labute approximate surface area is 125 Å². The molecule has 0 atom stereocenters. The fraction of sp³-hybridized carbons (Fsp3) is 0.133. The van der Waals surface area contributed by atoms with E-state index in [1.165, 1.54) is 24.1 Å². The molecule has 2 aromatic rings. The van der Waals surface area contributed by atoms with Gasteiger partial charge in [0.2, 0.25) is 0 Å². The third-order valence-electron chi connectivity index (χ3n) is 2.89. The van der Waals surface area contributed by atoms with Crippen molar-refractivity contribution in [3.05, 3.63) is 58.3 Å². The number of carbonyl (C=O) groups is 1. The summed E-state index contributed by atoms with van der Waals surface area (Å²) in [6, 6.07) is 11.0. The second-order valence-electron chi connectivity index (χ2n) is 4.19. The molecule has 20 heavy (non-hydrogen) atoms. The van der Waals surface area contributed by atoms with E-state index in [0.29, 0.717) is 17.0 Å². The van der Waals surface area contributed by atoms with E-state index in [1.54, 1.807) is 37.4 Å². The smallest absolute Gasteiger partial charge is 0.261 e. The molecule has 0 bridgehead atoms. The molecular formula is C15H13BrFNO2. The van der Waals surface area contributed by atoms with E-state index in [0.717, 1.165) is 4.47 Å². The van der Waals surface area contributed by atoms with Crippen molar-refractivity contribution in [2.75, 3.05) is 19.1 Å². The number of hydrogen-bond acceptors (Lipinski definition) is 2. The Hall–Kier alpha value is -1.88. The summed E-state index contributed by atoms with van der Waals surface area (Å²) in [5.74, 6) is -0.183. The molecule has 104 valence electrons. The van der Waals surface area contributed by atoms with Gasteiger partial charge >= 0.3 is 0 Å². The van der Waals surface area contributed by atoms with E-state index < -0.39 is 0 Å². The first-order valence-corrected chi connectivity index (χ1v) is 6.69. The number of ether oxygens (including phenoxy) is 1. The number of hydrogen-bond donors (Lipinski definition) is 0. The van der Waals surface area contributed by atoms with Gasteiger partial charge in [-0.1, -0.05) is 22.0 Å². The van der Waals surface area contributed by atoms with Crippen LogP contribution in [0.15, 0.2) is 46.9 Å². The first-order chi connectivity index (χ1) is 9.52. The summed E-state index contributed by atoms with van der Waals surface area (Å²) in [6.45, 7) is 0. The van der Waals surface area contributed by atoms with Crippen LogP contribution < -0.4 is 9.64 Å². The molecule has 2 rings (SSSR count). The molecule has 0 saturated heterocycles. The highest BCUT2D eigenvalue weighted by Crippen LogP contribution is 2.26. The van der Waals surface area contributed by atoms with Gasteiger partial charge in [0, 0.05) is 17.2 Å². The molecule has 1 amide bonds. The summed E-state index contributed by atoms with van der Waals surface area (Å²) in [7, 11) is 3.10. The van der Waals surface area contributed by atoms with Crippen LogP contribution >= 0.6 is 15.9 Å². The summed E-state index contributed by atoms with van der Waals surface area (Å²) < 4.78 is 19.2. The Bertz CT molecular complexity index is 646. The minimum Gasteiger partial charge on any atom is -0.496 e. The third kappa shape index (κ3) is 2.99. The molecule has 0 saturated carbocycles. The van der Waals surface area contributed by atoms with Crippen LogP contribution in [-0.4, -0.2) is 20.1 Å². The molecule has 0 aliphatic carbocycles. The first-order valence-electron chi connectivity index (χ1n) is 5.90. The molecule has 0 spiro atoms. The maximum Gasteiger partial charge on any atom is 0.261 e. The van der Waals surface area contributed by atoms with Crippen molar-refractivity contribution in [2.45, 2.75) is 0 Å². The van der Waals surface area contributed by atoms with Gasteiger partial charge in [-0.05, 0) is 36.4 Å². The van der Waals surface area contributed by atoms with E-state index >= 15 is 0 Å². The standard InChI is InChI=1S/C15H13BrFNO2/c1-18(12-5-3-4-11(17)9-12)15(19)13-7-6-10(16)8-14(13)20-2/h3-9H,1-2H3. The first kappa shape index (κ1) is 14.5. The van der Waals surface area contributed by atoms with Gasteiger partial charge < -0.3 is 9.64 Å². The molecule has 5 heteroatoms. The van der Waals surface area contributed by atoms with Crippen molar-refractivity contribution in [3.63, 3.8) is 0 Å². The third-order valence-corrected chi connectivity index (χ3v) is 3.39. The van der Waals surface area contributed by atoms with Crippen LogP contribution in [0.5, 0.6) is 5.75 Å². The molecule has 0 aliphatic heterocycles. The van der Waals surface area contributed by atoms with Crippen LogP contribution in [0.3, 0.4) is 0 Å². The lowest BCUT2D eigenvalue weighted by Crippen LogP contribution is -2.26. The van der Waals surface area contributed by atoms with Gasteiger partial charge in [-0.3, -0.25) is 4.79 Å². The predicted octanol–water partition coefficient (Wildman–Crippen LogP) is 3.87. The van der Waals surface area contributed by atoms with E-state index in [1.807, 2.05) is 0 Å². The number of nitrogens with zero attached hydrogens (tertiary/aromatic N) is 1. The quantitative estimate of drug-likeness (QED) is 0.850. The van der Waals surface area contributed by atoms with Crippen molar-refractivity contribution in [1.82, 2.24) is 0 Å². The van der Waals surface area contributed by atoms with Crippen LogP contribution in [0, 0.1) is 5.82 Å². The average Bonchev–Trinajstić information content (AvgIpc) is 2.45. The van der Waals surface area contributed by atoms with E-state index in [-0.39, 0.29) is 11.7 Å². The minimum atomic E-state index is -0.384. The van der Waals surface area contributed by atoms with Gasteiger partial charge in [-0.2, -0.15) is 0 Å². The number of anilines is 1. The molecule has 3 nitrogen and oxygen atoms in total. The number of rotatable bonds is 3. The highest BCUT2D eigenvalue weighted by atomic mass is 79.9. The highest BCUT2D eigenvalue weighted by Gasteiger charge is 2.18. The lowest BCUT2D eigenvalue weighted by atomic mass is 10.1. The number of methoxy groups -OCH3 is 1. The molecule has 2 aromatic carbocycles. The van der Waals surface area contributed by atoms with Crippen molar-refractivity contribution in [1.29, 1.82) is 0 Å². The van der Waals surface area contributed by atoms with Crippen LogP contribution in [-0.2, 0) is 0 Å². The Morgan fingerprint density at radius 3 is 2.65 bits per heavy atom. The summed E-state index contributed by atoms with van der Waals surface area (Å²) in [6.07, 6.45) is 0. The summed E-state index contributed by atoms with van der Waals surface area (Å²) in [5.41, 5.74) is 0.905. The monoisotopic (exact) mass is 337 g/mol. The zero-order valence-corrected chi connectivity index (χ0v) is 12.6. The molecule has 0 aromatic heterocycles. The van der Waals surface area contributed by atoms with Gasteiger partial charge in [0.05, 0.1) is 12.7 Å². The lowest BCUT2D eigenvalue weighted by Gasteiger charge is -2.19. The topological polar surface area (TPSA) is 29.5 Å². The Balaban J connectivity index is 2.36. The maximum atomic E-state index is 13.2. The Morgan fingerprint density at radius 2 is 2.00 bits per heavy atom. The second kappa shape index (κ2) is 6.05. The zero-order valence-electron chi connectivity index (χ0n) is 11.1. The molecule has 0 radical (unpaired) electrons. The van der Waals surface area contributed by atoms with Gasteiger partial charge in [-0.25, -0.2) is 4.39 Å². The van der Waals surface area contributed by atoms with Gasteiger partial charge in [0.15, 0.2) is 0 Å². The molecule has 0 heterocycles. The molecule has 0 unspecified atom stereocenters. The number of amides is 1. The van der Waals surface area contributed by atoms with Crippen LogP contribution in [0.1, 0.15) is 10.4 Å². The average molecular weight is 338 g/mol. The SMILES string of the molecule is COc1cc(Br)ccc1C(=O)N(C)c1cccc(F)c1. The summed E-state index contributed by atoms with van der Waals surface area (Å²) >= 11 is 3.32. The fourth-order valence-electron chi connectivity index (χ4n) is 1.82. The van der Waals surface area contributed by atoms with Crippen molar-refractivity contribution in [2.24, 2.45) is 0 Å². The fourth-order valence-corrected chi connectivity index (χ4v) is 2.16. The molecular weight excluding hydrogens is 325 g/mol. The summed E-state index contributed by atoms with van der Waals surface area (Å²) in [4.78, 5) is 13.8. The van der Waals surface area contributed by atoms with Gasteiger partial charge in [0.1, 0.15) is 11.6 Å². The second-order valence-corrected chi connectivity index (χ2v) is 5.10. The normalized spacial score (nSPS) is 10.2. The number of carbonyl (C=O) groups excluding carboxylic acids is 1. The van der Waals surface area contributed by atoms with E-state index in [9.17, 15) is 9.18 Å².